The van der Waals surface area contributed by atoms with Gasteiger partial charge in [-0.3, -0.25) is 4.79 Å². The number of rotatable bonds is 41. The highest BCUT2D eigenvalue weighted by Gasteiger charge is 2.47. The zero-order chi connectivity index (χ0) is 37.5. The summed E-state index contributed by atoms with van der Waals surface area (Å²) in [4.78, 5) is 13.3. The third kappa shape index (κ3) is 30.1. The zero-order valence-electron chi connectivity index (χ0n) is 34.7. The maximum Gasteiger partial charge on any atom is 0.174 e. The summed E-state index contributed by atoms with van der Waals surface area (Å²) in [5.41, 5.74) is -2.05. The quantitative estimate of drug-likeness (QED) is 0.0434. The Balaban J connectivity index is 4.35. The van der Waals surface area contributed by atoms with E-state index >= 15 is 0 Å². The van der Waals surface area contributed by atoms with Crippen LogP contribution in [0, 0.1) is 0 Å². The standard InChI is InChI=1S/C47H90O4/c1-4-7-10-13-15-17-19-21-23-25-27-29-31-33-36-39-42-45(49)47(51,44(48)41-38-35-12-9-6-3)46(50)43-40-37-34-32-30-28-26-24-22-20-18-16-14-11-8-5-2/h21-24,45-46,49-51H,4-20,25-43H2,1-3H3/b23-21-,24-22-. The Morgan fingerprint density at radius 2 is 0.667 bits per heavy atom. The van der Waals surface area contributed by atoms with Gasteiger partial charge in [0.2, 0.25) is 0 Å². The van der Waals surface area contributed by atoms with Crippen molar-refractivity contribution in [3.63, 3.8) is 0 Å². The minimum atomic E-state index is -2.05. The van der Waals surface area contributed by atoms with Crippen LogP contribution in [0.25, 0.3) is 0 Å². The van der Waals surface area contributed by atoms with E-state index in [2.05, 4.69) is 45.1 Å². The van der Waals surface area contributed by atoms with Gasteiger partial charge in [-0.15, -0.1) is 0 Å². The second-order valence-corrected chi connectivity index (χ2v) is 15.9. The van der Waals surface area contributed by atoms with Gasteiger partial charge in [-0.1, -0.05) is 199 Å². The minimum Gasteiger partial charge on any atom is -0.390 e. The molecule has 0 bridgehead atoms. The summed E-state index contributed by atoms with van der Waals surface area (Å²) < 4.78 is 0. The van der Waals surface area contributed by atoms with Crippen molar-refractivity contribution >= 4 is 5.78 Å². The van der Waals surface area contributed by atoms with Gasteiger partial charge in [-0.2, -0.15) is 0 Å². The van der Waals surface area contributed by atoms with Gasteiger partial charge in [-0.05, 0) is 70.6 Å². The van der Waals surface area contributed by atoms with Gasteiger partial charge in [0, 0.05) is 6.42 Å². The van der Waals surface area contributed by atoms with Crippen LogP contribution >= 0.6 is 0 Å². The summed E-state index contributed by atoms with van der Waals surface area (Å²) in [6.07, 6.45) is 47.0. The van der Waals surface area contributed by atoms with Crippen LogP contribution in [0.1, 0.15) is 252 Å². The highest BCUT2D eigenvalue weighted by molar-refractivity contribution is 5.88. The molecule has 0 aromatic heterocycles. The SMILES string of the molecule is CCCCCCCC/C=C\CCCCCCCCC(O)C(O)(C(=O)CCCCCCC)C(O)CCCCCCCC/C=C\CCCCCCCC. The minimum absolute atomic E-state index is 0.231. The molecule has 302 valence electrons. The van der Waals surface area contributed by atoms with Crippen LogP contribution in [0.3, 0.4) is 0 Å². The Morgan fingerprint density at radius 1 is 0.412 bits per heavy atom. The molecule has 4 nitrogen and oxygen atoms in total. The van der Waals surface area contributed by atoms with E-state index in [1.807, 2.05) is 0 Å². The van der Waals surface area contributed by atoms with Crippen LogP contribution in [-0.2, 0) is 4.79 Å². The van der Waals surface area contributed by atoms with Crippen molar-refractivity contribution in [1.82, 2.24) is 0 Å². The number of hydrogen-bond acceptors (Lipinski definition) is 4. The van der Waals surface area contributed by atoms with Gasteiger partial charge in [0.15, 0.2) is 11.4 Å². The van der Waals surface area contributed by atoms with E-state index in [-0.39, 0.29) is 12.2 Å². The fourth-order valence-electron chi connectivity index (χ4n) is 7.29. The van der Waals surface area contributed by atoms with Crippen LogP contribution < -0.4 is 0 Å². The molecule has 3 N–H and O–H groups in total. The highest BCUT2D eigenvalue weighted by Crippen LogP contribution is 2.28. The molecule has 4 heteroatoms. The third-order valence-electron chi connectivity index (χ3n) is 10.9. The molecule has 0 rings (SSSR count). The normalized spacial score (nSPS) is 14.5. The molecule has 0 saturated heterocycles. The monoisotopic (exact) mass is 719 g/mol. The third-order valence-corrected chi connectivity index (χ3v) is 10.9. The first-order chi connectivity index (χ1) is 24.9. The Hall–Kier alpha value is -0.970. The average molecular weight is 719 g/mol. The van der Waals surface area contributed by atoms with Crippen molar-refractivity contribution in [3.05, 3.63) is 24.3 Å². The number of aliphatic hydroxyl groups excluding tert-OH is 2. The number of carbonyl (C=O) groups excluding carboxylic acids is 1. The first kappa shape index (κ1) is 50.0. The largest absolute Gasteiger partial charge is 0.390 e. The smallest absolute Gasteiger partial charge is 0.174 e. The fraction of sp³-hybridized carbons (Fsp3) is 0.894. The van der Waals surface area contributed by atoms with Crippen molar-refractivity contribution in [2.24, 2.45) is 0 Å². The molecule has 0 aromatic carbocycles. The van der Waals surface area contributed by atoms with E-state index in [9.17, 15) is 20.1 Å². The summed E-state index contributed by atoms with van der Waals surface area (Å²) in [7, 11) is 0. The molecule has 0 fully saturated rings. The topological polar surface area (TPSA) is 77.8 Å². The summed E-state index contributed by atoms with van der Waals surface area (Å²) in [5, 5.41) is 33.9. The zero-order valence-corrected chi connectivity index (χ0v) is 34.7. The number of Topliss-reactive ketones (excluding diaryl/α,β-unsaturated/α-hetero) is 1. The number of carbonyl (C=O) groups is 1. The molecule has 0 amide bonds. The van der Waals surface area contributed by atoms with Crippen LogP contribution in [0.15, 0.2) is 24.3 Å². The summed E-state index contributed by atoms with van der Waals surface area (Å²) >= 11 is 0. The number of hydrogen-bond donors (Lipinski definition) is 3. The number of allylic oxidation sites excluding steroid dienone is 4. The van der Waals surface area contributed by atoms with E-state index in [1.165, 1.54) is 128 Å². The molecule has 0 saturated carbocycles. The molecule has 2 unspecified atom stereocenters. The molecule has 0 spiro atoms. The predicted molar refractivity (Wildman–Crippen MR) is 223 cm³/mol. The van der Waals surface area contributed by atoms with Crippen LogP contribution in [0.2, 0.25) is 0 Å². The molecule has 0 radical (unpaired) electrons. The van der Waals surface area contributed by atoms with Crippen molar-refractivity contribution in [3.8, 4) is 0 Å². The van der Waals surface area contributed by atoms with Gasteiger partial charge in [0.25, 0.3) is 0 Å². The van der Waals surface area contributed by atoms with E-state index in [0.717, 1.165) is 77.0 Å². The van der Waals surface area contributed by atoms with Gasteiger partial charge < -0.3 is 15.3 Å². The lowest BCUT2D eigenvalue weighted by atomic mass is 9.79. The van der Waals surface area contributed by atoms with Crippen LogP contribution in [0.4, 0.5) is 0 Å². The molecule has 51 heavy (non-hydrogen) atoms. The molecular weight excluding hydrogens is 629 g/mol. The fourth-order valence-corrected chi connectivity index (χ4v) is 7.29. The molecule has 0 aliphatic carbocycles. The van der Waals surface area contributed by atoms with Crippen molar-refractivity contribution in [2.45, 2.75) is 270 Å². The summed E-state index contributed by atoms with van der Waals surface area (Å²) in [6.45, 7) is 6.70. The molecule has 2 atom stereocenters. The van der Waals surface area contributed by atoms with Crippen molar-refractivity contribution in [1.29, 1.82) is 0 Å². The Kier molecular flexibility index (Phi) is 38.0. The van der Waals surface area contributed by atoms with Crippen LogP contribution in [0.5, 0.6) is 0 Å². The predicted octanol–water partition coefficient (Wildman–Crippen LogP) is 14.2. The lowest BCUT2D eigenvalue weighted by Gasteiger charge is -2.36. The van der Waals surface area contributed by atoms with E-state index in [1.54, 1.807) is 0 Å². The maximum atomic E-state index is 13.3. The number of aliphatic hydroxyl groups is 3. The first-order valence-electron chi connectivity index (χ1n) is 22.9. The molecule has 0 aromatic rings. The van der Waals surface area contributed by atoms with E-state index in [0.29, 0.717) is 19.3 Å². The molecular formula is C47H90O4. The average Bonchev–Trinajstić information content (AvgIpc) is 3.13. The van der Waals surface area contributed by atoms with Crippen molar-refractivity contribution in [2.75, 3.05) is 0 Å². The first-order valence-corrected chi connectivity index (χ1v) is 22.9. The Labute approximate surface area is 319 Å². The van der Waals surface area contributed by atoms with E-state index < -0.39 is 17.8 Å². The molecule has 0 aliphatic rings. The van der Waals surface area contributed by atoms with Gasteiger partial charge in [0.05, 0.1) is 12.2 Å². The lowest BCUT2D eigenvalue weighted by molar-refractivity contribution is -0.174. The van der Waals surface area contributed by atoms with Gasteiger partial charge in [0.1, 0.15) is 0 Å². The Morgan fingerprint density at radius 3 is 0.980 bits per heavy atom. The second kappa shape index (κ2) is 38.7. The number of ketones is 1. The molecule has 0 heterocycles. The highest BCUT2D eigenvalue weighted by atomic mass is 16.4. The summed E-state index contributed by atoms with van der Waals surface area (Å²) in [6, 6.07) is 0. The lowest BCUT2D eigenvalue weighted by Crippen LogP contribution is -2.58. The van der Waals surface area contributed by atoms with Crippen LogP contribution in [-0.4, -0.2) is 38.9 Å². The molecule has 0 aliphatic heterocycles. The Bertz CT molecular complexity index is 726. The van der Waals surface area contributed by atoms with E-state index in [4.69, 9.17) is 0 Å². The second-order valence-electron chi connectivity index (χ2n) is 15.9. The van der Waals surface area contributed by atoms with Gasteiger partial charge in [-0.25, -0.2) is 0 Å². The number of unbranched alkanes of at least 4 members (excludes halogenated alkanes) is 28. The summed E-state index contributed by atoms with van der Waals surface area (Å²) in [5.74, 6) is -0.368. The van der Waals surface area contributed by atoms with Crippen molar-refractivity contribution < 1.29 is 20.1 Å². The maximum absolute atomic E-state index is 13.3. The van der Waals surface area contributed by atoms with Gasteiger partial charge >= 0.3 is 0 Å².